The van der Waals surface area contributed by atoms with Crippen molar-refractivity contribution in [1.29, 1.82) is 0 Å². The molecule has 5 nitrogen and oxygen atoms in total. The first-order valence-corrected chi connectivity index (χ1v) is 8.66. The molecule has 26 heavy (non-hydrogen) atoms. The standard InChI is InChI=1S/C21H22N4O/c1-14(2)21(26)24-12-16-7-9-17(10-8-16)20-18(13-23-15(3)25-20)19-6-4-5-11-22-19/h4-11,13-14H,12H2,1-3H3,(H,24,26). The predicted octanol–water partition coefficient (Wildman–Crippen LogP) is 3.79. The fourth-order valence-electron chi connectivity index (χ4n) is 2.57. The van der Waals surface area contributed by atoms with Gasteiger partial charge in [0.2, 0.25) is 5.91 Å². The van der Waals surface area contributed by atoms with Crippen molar-refractivity contribution in [1.82, 2.24) is 20.3 Å². The molecule has 0 aliphatic rings. The quantitative estimate of drug-likeness (QED) is 0.763. The average molecular weight is 346 g/mol. The fraction of sp³-hybridized carbons (Fsp3) is 0.238. The van der Waals surface area contributed by atoms with Crippen LogP contribution in [0.25, 0.3) is 22.5 Å². The topological polar surface area (TPSA) is 67.8 Å². The maximum Gasteiger partial charge on any atom is 0.222 e. The average Bonchev–Trinajstić information content (AvgIpc) is 2.67. The Hall–Kier alpha value is -3.08. The number of hydrogen-bond donors (Lipinski definition) is 1. The van der Waals surface area contributed by atoms with Crippen molar-refractivity contribution in [2.45, 2.75) is 27.3 Å². The van der Waals surface area contributed by atoms with E-state index >= 15 is 0 Å². The zero-order chi connectivity index (χ0) is 18.5. The van der Waals surface area contributed by atoms with Gasteiger partial charge in [-0.1, -0.05) is 44.2 Å². The zero-order valence-electron chi connectivity index (χ0n) is 15.2. The second-order valence-corrected chi connectivity index (χ2v) is 6.46. The summed E-state index contributed by atoms with van der Waals surface area (Å²) in [5, 5.41) is 2.93. The third-order valence-electron chi connectivity index (χ3n) is 4.07. The number of amides is 1. The van der Waals surface area contributed by atoms with Crippen LogP contribution in [0.4, 0.5) is 0 Å². The summed E-state index contributed by atoms with van der Waals surface area (Å²) in [6.07, 6.45) is 3.58. The fourth-order valence-corrected chi connectivity index (χ4v) is 2.57. The lowest BCUT2D eigenvalue weighted by Crippen LogP contribution is -2.27. The number of benzene rings is 1. The minimum atomic E-state index is -0.0146. The molecule has 1 N–H and O–H groups in total. The summed E-state index contributed by atoms with van der Waals surface area (Å²) in [6, 6.07) is 13.8. The van der Waals surface area contributed by atoms with Gasteiger partial charge < -0.3 is 5.32 Å². The van der Waals surface area contributed by atoms with E-state index in [1.807, 2.05) is 69.4 Å². The third kappa shape index (κ3) is 4.11. The van der Waals surface area contributed by atoms with Gasteiger partial charge in [0.1, 0.15) is 5.82 Å². The van der Waals surface area contributed by atoms with Gasteiger partial charge in [0.15, 0.2) is 0 Å². The van der Waals surface area contributed by atoms with Crippen LogP contribution in [0.5, 0.6) is 0 Å². The number of aromatic nitrogens is 3. The molecule has 0 unspecified atom stereocenters. The molecule has 0 bridgehead atoms. The minimum Gasteiger partial charge on any atom is -0.352 e. The predicted molar refractivity (Wildman–Crippen MR) is 102 cm³/mol. The summed E-state index contributed by atoms with van der Waals surface area (Å²) in [5.74, 6) is 0.755. The normalized spacial score (nSPS) is 10.8. The Morgan fingerprint density at radius 3 is 2.50 bits per heavy atom. The molecular weight excluding hydrogens is 324 g/mol. The molecule has 0 aliphatic heterocycles. The Morgan fingerprint density at radius 2 is 1.85 bits per heavy atom. The number of rotatable bonds is 5. The van der Waals surface area contributed by atoms with Gasteiger partial charge in [0.25, 0.3) is 0 Å². The lowest BCUT2D eigenvalue weighted by Gasteiger charge is -2.11. The molecule has 0 aliphatic carbocycles. The number of pyridine rings is 1. The summed E-state index contributed by atoms with van der Waals surface area (Å²) < 4.78 is 0. The van der Waals surface area contributed by atoms with E-state index in [0.717, 1.165) is 28.1 Å². The number of aryl methyl sites for hydroxylation is 1. The molecule has 3 aromatic rings. The van der Waals surface area contributed by atoms with Crippen molar-refractivity contribution in [2.24, 2.45) is 5.92 Å². The molecule has 1 amide bonds. The lowest BCUT2D eigenvalue weighted by molar-refractivity contribution is -0.124. The van der Waals surface area contributed by atoms with E-state index in [9.17, 15) is 4.79 Å². The third-order valence-corrected chi connectivity index (χ3v) is 4.07. The van der Waals surface area contributed by atoms with Crippen LogP contribution in [-0.4, -0.2) is 20.9 Å². The van der Waals surface area contributed by atoms with Crippen molar-refractivity contribution in [2.75, 3.05) is 0 Å². The SMILES string of the molecule is Cc1ncc(-c2ccccn2)c(-c2ccc(CNC(=O)C(C)C)cc2)n1. The van der Waals surface area contributed by atoms with Gasteiger partial charge in [0.05, 0.1) is 11.4 Å². The second-order valence-electron chi connectivity index (χ2n) is 6.46. The number of nitrogens with zero attached hydrogens (tertiary/aromatic N) is 3. The first kappa shape index (κ1) is 17.7. The largest absolute Gasteiger partial charge is 0.352 e. The first-order chi connectivity index (χ1) is 12.5. The van der Waals surface area contributed by atoms with Crippen molar-refractivity contribution in [3.05, 3.63) is 66.2 Å². The Kier molecular flexibility index (Phi) is 5.37. The first-order valence-electron chi connectivity index (χ1n) is 8.66. The summed E-state index contributed by atoms with van der Waals surface area (Å²) in [6.45, 7) is 6.17. The molecule has 3 rings (SSSR count). The van der Waals surface area contributed by atoms with Crippen molar-refractivity contribution in [3.8, 4) is 22.5 Å². The molecule has 0 saturated heterocycles. The molecular formula is C21H22N4O. The highest BCUT2D eigenvalue weighted by molar-refractivity contribution is 5.79. The van der Waals surface area contributed by atoms with Crippen LogP contribution in [0.1, 0.15) is 25.2 Å². The summed E-state index contributed by atoms with van der Waals surface area (Å²) >= 11 is 0. The van der Waals surface area contributed by atoms with Gasteiger partial charge in [-0.05, 0) is 24.6 Å². The second kappa shape index (κ2) is 7.87. The van der Waals surface area contributed by atoms with Crippen molar-refractivity contribution >= 4 is 5.91 Å². The molecule has 0 spiro atoms. The Labute approximate surface area is 153 Å². The van der Waals surface area contributed by atoms with E-state index in [-0.39, 0.29) is 11.8 Å². The van der Waals surface area contributed by atoms with E-state index in [1.165, 1.54) is 0 Å². The Balaban J connectivity index is 1.88. The zero-order valence-corrected chi connectivity index (χ0v) is 15.2. The van der Waals surface area contributed by atoms with E-state index in [0.29, 0.717) is 12.4 Å². The highest BCUT2D eigenvalue weighted by atomic mass is 16.1. The molecule has 132 valence electrons. The lowest BCUT2D eigenvalue weighted by atomic mass is 10.0. The molecule has 1 aromatic carbocycles. The van der Waals surface area contributed by atoms with Crippen molar-refractivity contribution in [3.63, 3.8) is 0 Å². The van der Waals surface area contributed by atoms with Gasteiger partial charge in [-0.25, -0.2) is 9.97 Å². The van der Waals surface area contributed by atoms with E-state index in [1.54, 1.807) is 6.20 Å². The number of carbonyl (C=O) groups is 1. The molecule has 0 fully saturated rings. The molecule has 0 radical (unpaired) electrons. The monoisotopic (exact) mass is 346 g/mol. The molecule has 0 saturated carbocycles. The van der Waals surface area contributed by atoms with Gasteiger partial charge >= 0.3 is 0 Å². The van der Waals surface area contributed by atoms with Crippen molar-refractivity contribution < 1.29 is 4.79 Å². The number of hydrogen-bond acceptors (Lipinski definition) is 4. The van der Waals surface area contributed by atoms with Crippen LogP contribution in [-0.2, 0) is 11.3 Å². The van der Waals surface area contributed by atoms with Gasteiger partial charge in [-0.3, -0.25) is 9.78 Å². The van der Waals surface area contributed by atoms with E-state index in [4.69, 9.17) is 0 Å². The Morgan fingerprint density at radius 1 is 1.08 bits per heavy atom. The smallest absolute Gasteiger partial charge is 0.222 e. The molecule has 0 atom stereocenters. The Bertz CT molecular complexity index is 890. The summed E-state index contributed by atoms with van der Waals surface area (Å²) in [7, 11) is 0. The molecule has 5 heteroatoms. The minimum absolute atomic E-state index is 0.0146. The van der Waals surface area contributed by atoms with Crippen LogP contribution in [0, 0.1) is 12.8 Å². The van der Waals surface area contributed by atoms with Crippen LogP contribution in [0.2, 0.25) is 0 Å². The maximum atomic E-state index is 11.7. The molecule has 2 aromatic heterocycles. The van der Waals surface area contributed by atoms with E-state index in [2.05, 4.69) is 20.3 Å². The number of nitrogens with one attached hydrogen (secondary N) is 1. The highest BCUT2D eigenvalue weighted by Gasteiger charge is 2.12. The van der Waals surface area contributed by atoms with Crippen LogP contribution >= 0.6 is 0 Å². The van der Waals surface area contributed by atoms with Crippen LogP contribution in [0.15, 0.2) is 54.9 Å². The van der Waals surface area contributed by atoms with Crippen LogP contribution in [0.3, 0.4) is 0 Å². The van der Waals surface area contributed by atoms with Gasteiger partial charge in [0, 0.05) is 36.0 Å². The van der Waals surface area contributed by atoms with Gasteiger partial charge in [-0.2, -0.15) is 0 Å². The summed E-state index contributed by atoms with van der Waals surface area (Å²) in [4.78, 5) is 25.1. The van der Waals surface area contributed by atoms with Crippen LogP contribution < -0.4 is 5.32 Å². The summed E-state index contributed by atoms with van der Waals surface area (Å²) in [5.41, 5.74) is 4.64. The van der Waals surface area contributed by atoms with E-state index < -0.39 is 0 Å². The molecule has 2 heterocycles. The number of carbonyl (C=O) groups excluding carboxylic acids is 1. The highest BCUT2D eigenvalue weighted by Crippen LogP contribution is 2.28. The van der Waals surface area contributed by atoms with Gasteiger partial charge in [-0.15, -0.1) is 0 Å². The maximum absolute atomic E-state index is 11.7.